The van der Waals surface area contributed by atoms with E-state index >= 15 is 0 Å². The second kappa shape index (κ2) is 8.94. The van der Waals surface area contributed by atoms with Gasteiger partial charge in [0.1, 0.15) is 11.5 Å². The van der Waals surface area contributed by atoms with Gasteiger partial charge in [-0.15, -0.1) is 0 Å². The zero-order chi connectivity index (χ0) is 17.5. The Morgan fingerprint density at radius 2 is 1.92 bits per heavy atom. The monoisotopic (exact) mass is 411 g/mol. The minimum absolute atomic E-state index is 0.0679. The number of amides is 1. The zero-order valence-corrected chi connectivity index (χ0v) is 15.9. The van der Waals surface area contributed by atoms with E-state index in [0.717, 1.165) is 11.3 Å². The molecule has 0 spiro atoms. The fourth-order valence-corrected chi connectivity index (χ4v) is 2.92. The summed E-state index contributed by atoms with van der Waals surface area (Å²) in [6.45, 7) is 4.42. The average Bonchev–Trinajstić information content (AvgIpc) is 2.55. The Kier molecular flexibility index (Phi) is 6.94. The first-order valence-corrected chi connectivity index (χ1v) is 8.76. The number of rotatable bonds is 7. The first-order chi connectivity index (χ1) is 11.5. The first kappa shape index (κ1) is 18.6. The van der Waals surface area contributed by atoms with E-state index in [2.05, 4.69) is 21.2 Å². The van der Waals surface area contributed by atoms with Gasteiger partial charge in [0.2, 0.25) is 0 Å². The molecule has 2 aromatic rings. The molecule has 0 bridgehead atoms. The molecule has 1 atom stereocenters. The number of hydrogen-bond acceptors (Lipinski definition) is 3. The summed E-state index contributed by atoms with van der Waals surface area (Å²) in [6, 6.07) is 12.7. The largest absolute Gasteiger partial charge is 0.494 e. The number of ether oxygens (including phenoxy) is 2. The fraction of sp³-hybridized carbons (Fsp3) is 0.278. The molecular weight excluding hydrogens is 394 g/mol. The second-order valence-electron chi connectivity index (χ2n) is 5.15. The van der Waals surface area contributed by atoms with Crippen molar-refractivity contribution < 1.29 is 14.3 Å². The Morgan fingerprint density at radius 1 is 1.21 bits per heavy atom. The van der Waals surface area contributed by atoms with Crippen molar-refractivity contribution in [2.45, 2.75) is 19.9 Å². The van der Waals surface area contributed by atoms with E-state index in [-0.39, 0.29) is 18.6 Å². The molecule has 0 saturated heterocycles. The van der Waals surface area contributed by atoms with Crippen LogP contribution in [0.4, 0.5) is 0 Å². The minimum atomic E-state index is -0.196. The lowest BCUT2D eigenvalue weighted by atomic mass is 10.1. The van der Waals surface area contributed by atoms with Crippen LogP contribution in [-0.4, -0.2) is 19.1 Å². The third-order valence-electron chi connectivity index (χ3n) is 3.32. The van der Waals surface area contributed by atoms with Gasteiger partial charge >= 0.3 is 0 Å². The first-order valence-electron chi connectivity index (χ1n) is 7.59. The molecule has 1 unspecified atom stereocenters. The summed E-state index contributed by atoms with van der Waals surface area (Å²) in [5.74, 6) is 1.19. The summed E-state index contributed by atoms with van der Waals surface area (Å²) in [4.78, 5) is 12.0. The smallest absolute Gasteiger partial charge is 0.258 e. The molecule has 0 aliphatic heterocycles. The van der Waals surface area contributed by atoms with Crippen molar-refractivity contribution in [3.63, 3.8) is 0 Å². The number of halogens is 2. The SMILES string of the molecule is CCOc1ccc(C(C)NC(=O)COc2ccc(Cl)cc2Br)cc1. The Labute approximate surface area is 155 Å². The molecule has 0 aromatic heterocycles. The van der Waals surface area contributed by atoms with Crippen molar-refractivity contribution in [1.82, 2.24) is 5.32 Å². The van der Waals surface area contributed by atoms with Crippen LogP contribution < -0.4 is 14.8 Å². The highest BCUT2D eigenvalue weighted by Gasteiger charge is 2.11. The zero-order valence-electron chi connectivity index (χ0n) is 13.5. The Hall–Kier alpha value is -1.72. The van der Waals surface area contributed by atoms with Gasteiger partial charge in [-0.25, -0.2) is 0 Å². The molecule has 2 aromatic carbocycles. The van der Waals surface area contributed by atoms with Crippen molar-refractivity contribution in [1.29, 1.82) is 0 Å². The van der Waals surface area contributed by atoms with E-state index in [0.29, 0.717) is 21.9 Å². The minimum Gasteiger partial charge on any atom is -0.494 e. The third-order valence-corrected chi connectivity index (χ3v) is 4.18. The molecule has 4 nitrogen and oxygen atoms in total. The predicted molar refractivity (Wildman–Crippen MR) is 98.8 cm³/mol. The van der Waals surface area contributed by atoms with Crippen LogP contribution in [0.15, 0.2) is 46.9 Å². The Morgan fingerprint density at radius 3 is 2.54 bits per heavy atom. The molecule has 0 radical (unpaired) electrons. The number of benzene rings is 2. The molecule has 6 heteroatoms. The summed E-state index contributed by atoms with van der Waals surface area (Å²) >= 11 is 9.22. The van der Waals surface area contributed by atoms with Crippen LogP contribution >= 0.6 is 27.5 Å². The van der Waals surface area contributed by atoms with Gasteiger partial charge in [0, 0.05) is 5.02 Å². The maximum atomic E-state index is 12.0. The van der Waals surface area contributed by atoms with E-state index in [1.165, 1.54) is 0 Å². The van der Waals surface area contributed by atoms with Gasteiger partial charge < -0.3 is 14.8 Å². The molecule has 2 rings (SSSR count). The Balaban J connectivity index is 1.87. The van der Waals surface area contributed by atoms with Crippen molar-refractivity contribution in [3.8, 4) is 11.5 Å². The highest BCUT2D eigenvalue weighted by molar-refractivity contribution is 9.10. The van der Waals surface area contributed by atoms with E-state index in [1.54, 1.807) is 18.2 Å². The van der Waals surface area contributed by atoms with Gasteiger partial charge in [-0.2, -0.15) is 0 Å². The lowest BCUT2D eigenvalue weighted by molar-refractivity contribution is -0.123. The third kappa shape index (κ3) is 5.42. The summed E-state index contributed by atoms with van der Waals surface area (Å²) in [5.41, 5.74) is 1.000. The predicted octanol–water partition coefficient (Wildman–Crippen LogP) is 4.76. The van der Waals surface area contributed by atoms with E-state index in [4.69, 9.17) is 21.1 Å². The van der Waals surface area contributed by atoms with Crippen LogP contribution in [0.3, 0.4) is 0 Å². The molecule has 0 aliphatic carbocycles. The van der Waals surface area contributed by atoms with Gasteiger partial charge in [-0.3, -0.25) is 4.79 Å². The van der Waals surface area contributed by atoms with Crippen LogP contribution in [0, 0.1) is 0 Å². The van der Waals surface area contributed by atoms with Gasteiger partial charge in [-0.05, 0) is 65.7 Å². The van der Waals surface area contributed by atoms with Crippen LogP contribution in [0.25, 0.3) is 0 Å². The summed E-state index contributed by atoms with van der Waals surface area (Å²) in [7, 11) is 0. The summed E-state index contributed by atoms with van der Waals surface area (Å²) < 4.78 is 11.6. The second-order valence-corrected chi connectivity index (χ2v) is 6.45. The average molecular weight is 413 g/mol. The van der Waals surface area contributed by atoms with Crippen LogP contribution in [0.5, 0.6) is 11.5 Å². The molecule has 0 heterocycles. The highest BCUT2D eigenvalue weighted by atomic mass is 79.9. The summed E-state index contributed by atoms with van der Waals surface area (Å²) in [5, 5.41) is 3.50. The summed E-state index contributed by atoms with van der Waals surface area (Å²) in [6.07, 6.45) is 0. The standard InChI is InChI=1S/C18H19BrClNO3/c1-3-23-15-7-4-13(5-8-15)12(2)21-18(22)11-24-17-9-6-14(20)10-16(17)19/h4-10,12H,3,11H2,1-2H3,(H,21,22). The topological polar surface area (TPSA) is 47.6 Å². The van der Waals surface area contributed by atoms with E-state index in [1.807, 2.05) is 38.1 Å². The van der Waals surface area contributed by atoms with Gasteiger partial charge in [0.15, 0.2) is 6.61 Å². The quantitative estimate of drug-likeness (QED) is 0.713. The molecule has 1 amide bonds. The highest BCUT2D eigenvalue weighted by Crippen LogP contribution is 2.27. The van der Waals surface area contributed by atoms with Crippen molar-refractivity contribution in [3.05, 3.63) is 57.5 Å². The fourth-order valence-electron chi connectivity index (χ4n) is 2.12. The van der Waals surface area contributed by atoms with Crippen LogP contribution in [-0.2, 0) is 4.79 Å². The lowest BCUT2D eigenvalue weighted by Gasteiger charge is -2.15. The maximum Gasteiger partial charge on any atom is 0.258 e. The maximum absolute atomic E-state index is 12.0. The number of carbonyl (C=O) groups is 1. The molecule has 0 fully saturated rings. The molecule has 0 aliphatic rings. The van der Waals surface area contributed by atoms with E-state index in [9.17, 15) is 4.79 Å². The van der Waals surface area contributed by atoms with Crippen molar-refractivity contribution in [2.75, 3.05) is 13.2 Å². The molecule has 1 N–H and O–H groups in total. The van der Waals surface area contributed by atoms with Crippen molar-refractivity contribution in [2.24, 2.45) is 0 Å². The number of hydrogen-bond donors (Lipinski definition) is 1. The lowest BCUT2D eigenvalue weighted by Crippen LogP contribution is -2.31. The number of carbonyl (C=O) groups excluding carboxylic acids is 1. The van der Waals surface area contributed by atoms with Crippen molar-refractivity contribution >= 4 is 33.4 Å². The van der Waals surface area contributed by atoms with E-state index < -0.39 is 0 Å². The molecule has 128 valence electrons. The molecule has 24 heavy (non-hydrogen) atoms. The molecule has 0 saturated carbocycles. The molecular formula is C18H19BrClNO3. The number of nitrogens with one attached hydrogen (secondary N) is 1. The van der Waals surface area contributed by atoms with Gasteiger partial charge in [-0.1, -0.05) is 23.7 Å². The van der Waals surface area contributed by atoms with Crippen LogP contribution in [0.2, 0.25) is 5.02 Å². The van der Waals surface area contributed by atoms with Gasteiger partial charge in [0.05, 0.1) is 17.1 Å². The van der Waals surface area contributed by atoms with Crippen LogP contribution in [0.1, 0.15) is 25.5 Å². The Bertz CT molecular complexity index is 691. The van der Waals surface area contributed by atoms with Gasteiger partial charge in [0.25, 0.3) is 5.91 Å². The normalized spacial score (nSPS) is 11.7.